The Balaban J connectivity index is 1.45. The third kappa shape index (κ3) is 4.75. The minimum Gasteiger partial charge on any atom is -0.492 e. The second-order valence-corrected chi connectivity index (χ2v) is 7.07. The summed E-state index contributed by atoms with van der Waals surface area (Å²) < 4.78 is 8.65. The van der Waals surface area contributed by atoms with Crippen LogP contribution in [-0.2, 0) is 7.05 Å². The molecule has 0 saturated carbocycles. The molecule has 0 spiro atoms. The van der Waals surface area contributed by atoms with Crippen LogP contribution in [0.3, 0.4) is 0 Å². The SMILES string of the molecule is CN=C(NCCOc1cccc(Br)c1)N1CCC(c2cnn(C)c2)C1. The predicted molar refractivity (Wildman–Crippen MR) is 103 cm³/mol. The molecule has 1 aliphatic heterocycles. The zero-order valence-corrected chi connectivity index (χ0v) is 16.2. The van der Waals surface area contributed by atoms with Crippen molar-refractivity contribution in [3.05, 3.63) is 46.7 Å². The molecule has 1 aromatic heterocycles. The number of benzene rings is 1. The molecule has 0 bridgehead atoms. The lowest BCUT2D eigenvalue weighted by atomic mass is 10.0. The molecular formula is C18H24BrN5O. The summed E-state index contributed by atoms with van der Waals surface area (Å²) >= 11 is 3.45. The molecule has 1 aliphatic rings. The molecule has 2 heterocycles. The second-order valence-electron chi connectivity index (χ2n) is 6.16. The van der Waals surface area contributed by atoms with Gasteiger partial charge >= 0.3 is 0 Å². The molecule has 7 heteroatoms. The van der Waals surface area contributed by atoms with Crippen LogP contribution in [0.5, 0.6) is 5.75 Å². The van der Waals surface area contributed by atoms with Crippen molar-refractivity contribution in [3.8, 4) is 5.75 Å². The molecule has 0 amide bonds. The van der Waals surface area contributed by atoms with E-state index in [4.69, 9.17) is 4.74 Å². The number of hydrogen-bond acceptors (Lipinski definition) is 3. The number of guanidine groups is 1. The van der Waals surface area contributed by atoms with Crippen LogP contribution in [-0.4, -0.2) is 53.9 Å². The number of hydrogen-bond donors (Lipinski definition) is 1. The van der Waals surface area contributed by atoms with Crippen molar-refractivity contribution >= 4 is 21.9 Å². The Morgan fingerprint density at radius 3 is 3.08 bits per heavy atom. The number of aromatic nitrogens is 2. The van der Waals surface area contributed by atoms with Crippen molar-refractivity contribution in [2.45, 2.75) is 12.3 Å². The van der Waals surface area contributed by atoms with Gasteiger partial charge in [0, 0.05) is 43.8 Å². The van der Waals surface area contributed by atoms with E-state index in [1.807, 2.05) is 49.2 Å². The van der Waals surface area contributed by atoms with Crippen LogP contribution in [0.1, 0.15) is 17.9 Å². The number of nitrogens with one attached hydrogen (secondary N) is 1. The summed E-state index contributed by atoms with van der Waals surface area (Å²) in [6, 6.07) is 7.87. The van der Waals surface area contributed by atoms with Gasteiger partial charge in [-0.15, -0.1) is 0 Å². The first-order chi connectivity index (χ1) is 12.2. The molecule has 25 heavy (non-hydrogen) atoms. The summed E-state index contributed by atoms with van der Waals surface area (Å²) in [4.78, 5) is 6.71. The molecule has 1 atom stereocenters. The number of halogens is 1. The van der Waals surface area contributed by atoms with E-state index in [1.165, 1.54) is 5.56 Å². The van der Waals surface area contributed by atoms with Gasteiger partial charge in [-0.2, -0.15) is 5.10 Å². The molecule has 1 unspecified atom stereocenters. The Morgan fingerprint density at radius 1 is 1.48 bits per heavy atom. The maximum atomic E-state index is 5.76. The van der Waals surface area contributed by atoms with Crippen molar-refractivity contribution in [1.29, 1.82) is 0 Å². The molecule has 6 nitrogen and oxygen atoms in total. The molecule has 1 aromatic carbocycles. The number of aliphatic imine (C=N–C) groups is 1. The molecule has 1 N–H and O–H groups in total. The van der Waals surface area contributed by atoms with Crippen LogP contribution in [0, 0.1) is 0 Å². The molecule has 2 aromatic rings. The lowest BCUT2D eigenvalue weighted by Gasteiger charge is -2.21. The van der Waals surface area contributed by atoms with Gasteiger partial charge in [-0.25, -0.2) is 0 Å². The molecule has 1 saturated heterocycles. The highest BCUT2D eigenvalue weighted by molar-refractivity contribution is 9.10. The van der Waals surface area contributed by atoms with E-state index in [9.17, 15) is 0 Å². The first-order valence-corrected chi connectivity index (χ1v) is 9.27. The first-order valence-electron chi connectivity index (χ1n) is 8.48. The van der Waals surface area contributed by atoms with Gasteiger partial charge in [0.15, 0.2) is 5.96 Å². The quantitative estimate of drug-likeness (QED) is 0.471. The van der Waals surface area contributed by atoms with E-state index in [1.54, 1.807) is 0 Å². The van der Waals surface area contributed by atoms with Gasteiger partial charge in [0.1, 0.15) is 12.4 Å². The Morgan fingerprint density at radius 2 is 2.36 bits per heavy atom. The molecule has 0 aliphatic carbocycles. The maximum absolute atomic E-state index is 5.76. The summed E-state index contributed by atoms with van der Waals surface area (Å²) in [5.74, 6) is 2.32. The van der Waals surface area contributed by atoms with Gasteiger partial charge in [0.25, 0.3) is 0 Å². The maximum Gasteiger partial charge on any atom is 0.193 e. The Hall–Kier alpha value is -2.02. The van der Waals surface area contributed by atoms with Crippen LogP contribution >= 0.6 is 15.9 Å². The fraction of sp³-hybridized carbons (Fsp3) is 0.444. The summed E-state index contributed by atoms with van der Waals surface area (Å²) in [7, 11) is 3.79. The smallest absolute Gasteiger partial charge is 0.193 e. The number of rotatable bonds is 5. The summed E-state index contributed by atoms with van der Waals surface area (Å²) in [6.07, 6.45) is 5.20. The van der Waals surface area contributed by atoms with Crippen LogP contribution in [0.2, 0.25) is 0 Å². The number of aryl methyl sites for hydroxylation is 1. The Kier molecular flexibility index (Phi) is 5.96. The third-order valence-electron chi connectivity index (χ3n) is 4.35. The fourth-order valence-electron chi connectivity index (χ4n) is 3.10. The average Bonchev–Trinajstić information content (AvgIpc) is 3.24. The van der Waals surface area contributed by atoms with Crippen LogP contribution in [0.15, 0.2) is 46.1 Å². The van der Waals surface area contributed by atoms with Crippen molar-refractivity contribution in [2.24, 2.45) is 12.0 Å². The van der Waals surface area contributed by atoms with E-state index in [0.29, 0.717) is 19.1 Å². The normalized spacial score (nSPS) is 17.8. The molecule has 1 fully saturated rings. The van der Waals surface area contributed by atoms with Crippen molar-refractivity contribution in [1.82, 2.24) is 20.0 Å². The molecule has 0 radical (unpaired) electrons. The third-order valence-corrected chi connectivity index (χ3v) is 4.84. The summed E-state index contributed by atoms with van der Waals surface area (Å²) in [6.45, 7) is 3.28. The minimum atomic E-state index is 0.519. The van der Waals surface area contributed by atoms with Gasteiger partial charge in [0.05, 0.1) is 12.7 Å². The number of nitrogens with zero attached hydrogens (tertiary/aromatic N) is 4. The topological polar surface area (TPSA) is 54.7 Å². The molecule has 3 rings (SSSR count). The monoisotopic (exact) mass is 405 g/mol. The minimum absolute atomic E-state index is 0.519. The zero-order valence-electron chi connectivity index (χ0n) is 14.7. The second kappa shape index (κ2) is 8.38. The van der Waals surface area contributed by atoms with Crippen molar-refractivity contribution < 1.29 is 4.74 Å². The van der Waals surface area contributed by atoms with Crippen LogP contribution < -0.4 is 10.1 Å². The van der Waals surface area contributed by atoms with E-state index < -0.39 is 0 Å². The number of ether oxygens (including phenoxy) is 1. The van der Waals surface area contributed by atoms with E-state index in [0.717, 1.165) is 35.7 Å². The highest BCUT2D eigenvalue weighted by Crippen LogP contribution is 2.26. The van der Waals surface area contributed by atoms with Gasteiger partial charge in [-0.3, -0.25) is 9.67 Å². The zero-order chi connectivity index (χ0) is 17.6. The lowest BCUT2D eigenvalue weighted by molar-refractivity contribution is 0.319. The van der Waals surface area contributed by atoms with E-state index in [-0.39, 0.29) is 0 Å². The van der Waals surface area contributed by atoms with Crippen LogP contribution in [0.25, 0.3) is 0 Å². The van der Waals surface area contributed by atoms with E-state index in [2.05, 4.69) is 42.4 Å². The van der Waals surface area contributed by atoms with Gasteiger partial charge in [-0.05, 0) is 30.2 Å². The molecular weight excluding hydrogens is 382 g/mol. The predicted octanol–water partition coefficient (Wildman–Crippen LogP) is 2.63. The summed E-state index contributed by atoms with van der Waals surface area (Å²) in [5.41, 5.74) is 1.30. The highest BCUT2D eigenvalue weighted by atomic mass is 79.9. The van der Waals surface area contributed by atoms with Crippen LogP contribution in [0.4, 0.5) is 0 Å². The average molecular weight is 406 g/mol. The van der Waals surface area contributed by atoms with Gasteiger partial charge < -0.3 is 15.0 Å². The highest BCUT2D eigenvalue weighted by Gasteiger charge is 2.26. The molecule has 134 valence electrons. The largest absolute Gasteiger partial charge is 0.492 e. The summed E-state index contributed by atoms with van der Waals surface area (Å²) in [5, 5.41) is 7.67. The van der Waals surface area contributed by atoms with Crippen molar-refractivity contribution in [2.75, 3.05) is 33.3 Å². The number of likely N-dealkylation sites (tertiary alicyclic amines) is 1. The lowest BCUT2D eigenvalue weighted by Crippen LogP contribution is -2.41. The Labute approximate surface area is 157 Å². The van der Waals surface area contributed by atoms with E-state index >= 15 is 0 Å². The standard InChI is InChI=1S/C18H24BrN5O/c1-20-18(21-7-9-25-17-5-3-4-16(19)10-17)24-8-6-14(13-24)15-11-22-23(2)12-15/h3-5,10-12,14H,6-9,13H2,1-2H3,(H,20,21). The van der Waals surface area contributed by atoms with Gasteiger partial charge in [-0.1, -0.05) is 22.0 Å². The Bertz CT molecular complexity index is 730. The first kappa shape index (κ1) is 17.8. The fourth-order valence-corrected chi connectivity index (χ4v) is 3.47. The van der Waals surface area contributed by atoms with Crippen molar-refractivity contribution in [3.63, 3.8) is 0 Å². The van der Waals surface area contributed by atoms with Gasteiger partial charge in [0.2, 0.25) is 0 Å².